The average Bonchev–Trinajstić information content (AvgIpc) is 2.51. The molecule has 0 radical (unpaired) electrons. The van der Waals surface area contributed by atoms with E-state index < -0.39 is 0 Å². The van der Waals surface area contributed by atoms with Gasteiger partial charge in [-0.15, -0.1) is 0 Å². The number of fused-ring (bicyclic) bond motifs is 1. The first-order chi connectivity index (χ1) is 10.3. The summed E-state index contributed by atoms with van der Waals surface area (Å²) in [6, 6.07) is 8.38. The lowest BCUT2D eigenvalue weighted by Gasteiger charge is -2.35. The smallest absolute Gasteiger partial charge is 0.124 e. The summed E-state index contributed by atoms with van der Waals surface area (Å²) in [6.45, 7) is 9.11. The van der Waals surface area contributed by atoms with E-state index in [2.05, 4.69) is 24.4 Å². The van der Waals surface area contributed by atoms with Gasteiger partial charge in [0.25, 0.3) is 0 Å². The van der Waals surface area contributed by atoms with Gasteiger partial charge in [0.15, 0.2) is 0 Å². The zero-order chi connectivity index (χ0) is 15.1. The molecule has 0 fully saturated rings. The summed E-state index contributed by atoms with van der Waals surface area (Å²) in [5, 5.41) is 3.59. The van der Waals surface area contributed by atoms with Gasteiger partial charge in [-0.25, -0.2) is 0 Å². The molecule has 0 aromatic heterocycles. The molecule has 0 spiro atoms. The van der Waals surface area contributed by atoms with E-state index in [1.165, 1.54) is 5.56 Å². The maximum absolute atomic E-state index is 6.15. The summed E-state index contributed by atoms with van der Waals surface area (Å²) in [5.41, 5.74) is 1.19. The number of para-hydroxylation sites is 1. The van der Waals surface area contributed by atoms with Crippen LogP contribution in [-0.4, -0.2) is 38.6 Å². The van der Waals surface area contributed by atoms with Crippen molar-refractivity contribution in [2.45, 2.75) is 45.4 Å². The van der Waals surface area contributed by atoms with Crippen LogP contribution in [0.4, 0.5) is 0 Å². The Hall–Kier alpha value is -1.10. The minimum absolute atomic E-state index is 0.0157. The monoisotopic (exact) mass is 293 g/mol. The van der Waals surface area contributed by atoms with Gasteiger partial charge in [-0.05, 0) is 32.9 Å². The number of ether oxygens (including phenoxy) is 3. The summed E-state index contributed by atoms with van der Waals surface area (Å²) in [6.07, 6.45) is 1.18. The van der Waals surface area contributed by atoms with E-state index in [1.807, 2.05) is 26.0 Å². The van der Waals surface area contributed by atoms with Gasteiger partial charge in [0.2, 0.25) is 0 Å². The number of hydrogen-bond acceptors (Lipinski definition) is 4. The Balaban J connectivity index is 2.06. The molecule has 1 N–H and O–H groups in total. The van der Waals surface area contributed by atoms with Crippen LogP contribution in [0.5, 0.6) is 5.75 Å². The minimum atomic E-state index is 0.0157. The predicted octanol–water partition coefficient (Wildman–Crippen LogP) is 2.93. The van der Waals surface area contributed by atoms with Gasteiger partial charge in [0.05, 0.1) is 18.8 Å². The second-order valence-corrected chi connectivity index (χ2v) is 5.43. The fourth-order valence-corrected chi connectivity index (χ4v) is 2.62. The van der Waals surface area contributed by atoms with E-state index >= 15 is 0 Å². The van der Waals surface area contributed by atoms with E-state index in [1.54, 1.807) is 0 Å². The first-order valence-electron chi connectivity index (χ1n) is 7.94. The van der Waals surface area contributed by atoms with E-state index in [4.69, 9.17) is 14.2 Å². The van der Waals surface area contributed by atoms with E-state index in [0.29, 0.717) is 13.2 Å². The van der Waals surface area contributed by atoms with Crippen LogP contribution in [0.15, 0.2) is 24.3 Å². The topological polar surface area (TPSA) is 39.7 Å². The van der Waals surface area contributed by atoms with Crippen molar-refractivity contribution >= 4 is 0 Å². The molecule has 3 atom stereocenters. The Labute approximate surface area is 127 Å². The molecule has 118 valence electrons. The summed E-state index contributed by atoms with van der Waals surface area (Å²) in [5.74, 6) is 0.961. The highest BCUT2D eigenvalue weighted by atomic mass is 16.6. The molecule has 0 saturated carbocycles. The molecule has 0 amide bonds. The lowest BCUT2D eigenvalue weighted by atomic mass is 9.98. The maximum atomic E-state index is 6.15. The molecule has 0 bridgehead atoms. The standard InChI is InChI=1S/C17H27NO3/c1-4-10-18-17-14-8-6-7-9-15(14)20-12-16(17)21-13(3)11-19-5-2/h6-9,13,16-18H,4-5,10-12H2,1-3H3. The van der Waals surface area contributed by atoms with Crippen molar-refractivity contribution in [3.05, 3.63) is 29.8 Å². The van der Waals surface area contributed by atoms with Gasteiger partial charge in [0.1, 0.15) is 18.5 Å². The van der Waals surface area contributed by atoms with Crippen molar-refractivity contribution in [3.8, 4) is 5.75 Å². The van der Waals surface area contributed by atoms with E-state index in [-0.39, 0.29) is 18.2 Å². The van der Waals surface area contributed by atoms with Gasteiger partial charge in [-0.3, -0.25) is 0 Å². The first-order valence-corrected chi connectivity index (χ1v) is 7.94. The Kier molecular flexibility index (Phi) is 6.49. The van der Waals surface area contributed by atoms with Gasteiger partial charge in [0, 0.05) is 12.2 Å². The molecular weight excluding hydrogens is 266 g/mol. The third-order valence-electron chi connectivity index (χ3n) is 3.61. The van der Waals surface area contributed by atoms with Gasteiger partial charge in [-0.2, -0.15) is 0 Å². The molecular formula is C17H27NO3. The molecule has 21 heavy (non-hydrogen) atoms. The Bertz CT molecular complexity index is 424. The summed E-state index contributed by atoms with van der Waals surface area (Å²) >= 11 is 0. The quantitative estimate of drug-likeness (QED) is 0.800. The lowest BCUT2D eigenvalue weighted by molar-refractivity contribution is -0.0812. The van der Waals surface area contributed by atoms with Crippen LogP contribution in [0.1, 0.15) is 38.8 Å². The fraction of sp³-hybridized carbons (Fsp3) is 0.647. The number of benzene rings is 1. The Morgan fingerprint density at radius 3 is 2.90 bits per heavy atom. The van der Waals surface area contributed by atoms with Crippen molar-refractivity contribution in [1.82, 2.24) is 5.32 Å². The molecule has 1 aliphatic rings. The van der Waals surface area contributed by atoms with E-state index in [0.717, 1.165) is 25.3 Å². The third kappa shape index (κ3) is 4.43. The lowest BCUT2D eigenvalue weighted by Crippen LogP contribution is -2.43. The zero-order valence-corrected chi connectivity index (χ0v) is 13.3. The summed E-state index contributed by atoms with van der Waals surface area (Å²) < 4.78 is 17.4. The fourth-order valence-electron chi connectivity index (χ4n) is 2.62. The van der Waals surface area contributed by atoms with Gasteiger partial charge < -0.3 is 19.5 Å². The largest absolute Gasteiger partial charge is 0.490 e. The van der Waals surface area contributed by atoms with Crippen LogP contribution in [0.25, 0.3) is 0 Å². The van der Waals surface area contributed by atoms with Crippen LogP contribution in [-0.2, 0) is 9.47 Å². The second kappa shape index (κ2) is 8.37. The highest BCUT2D eigenvalue weighted by molar-refractivity contribution is 5.38. The summed E-state index contributed by atoms with van der Waals surface area (Å²) in [4.78, 5) is 0. The molecule has 1 heterocycles. The van der Waals surface area contributed by atoms with Crippen LogP contribution in [0.3, 0.4) is 0 Å². The van der Waals surface area contributed by atoms with Crippen molar-refractivity contribution in [3.63, 3.8) is 0 Å². The van der Waals surface area contributed by atoms with Gasteiger partial charge in [-0.1, -0.05) is 25.1 Å². The highest BCUT2D eigenvalue weighted by Gasteiger charge is 2.32. The molecule has 4 heteroatoms. The SMILES string of the molecule is CCCNC1c2ccccc2OCC1OC(C)COCC. The molecule has 1 aromatic carbocycles. The average molecular weight is 293 g/mol. The number of nitrogens with one attached hydrogen (secondary N) is 1. The highest BCUT2D eigenvalue weighted by Crippen LogP contribution is 2.33. The number of hydrogen-bond donors (Lipinski definition) is 1. The summed E-state index contributed by atoms with van der Waals surface area (Å²) in [7, 11) is 0. The molecule has 2 rings (SSSR count). The molecule has 0 aliphatic carbocycles. The zero-order valence-electron chi connectivity index (χ0n) is 13.3. The Morgan fingerprint density at radius 1 is 1.33 bits per heavy atom. The molecule has 0 saturated heterocycles. The predicted molar refractivity (Wildman–Crippen MR) is 83.8 cm³/mol. The van der Waals surface area contributed by atoms with Crippen molar-refractivity contribution in [1.29, 1.82) is 0 Å². The van der Waals surface area contributed by atoms with Crippen LogP contribution in [0, 0.1) is 0 Å². The van der Waals surface area contributed by atoms with Gasteiger partial charge >= 0.3 is 0 Å². The normalized spacial score (nSPS) is 22.4. The maximum Gasteiger partial charge on any atom is 0.124 e. The minimum Gasteiger partial charge on any atom is -0.490 e. The molecule has 4 nitrogen and oxygen atoms in total. The molecule has 1 aliphatic heterocycles. The third-order valence-corrected chi connectivity index (χ3v) is 3.61. The first kappa shape index (κ1) is 16.3. The number of rotatable bonds is 8. The molecule has 3 unspecified atom stereocenters. The van der Waals surface area contributed by atoms with Crippen LogP contribution >= 0.6 is 0 Å². The Morgan fingerprint density at radius 2 is 2.14 bits per heavy atom. The molecule has 1 aromatic rings. The van der Waals surface area contributed by atoms with Crippen molar-refractivity contribution in [2.75, 3.05) is 26.4 Å². The van der Waals surface area contributed by atoms with Crippen LogP contribution < -0.4 is 10.1 Å². The second-order valence-electron chi connectivity index (χ2n) is 5.43. The van der Waals surface area contributed by atoms with E-state index in [9.17, 15) is 0 Å². The van der Waals surface area contributed by atoms with Crippen molar-refractivity contribution < 1.29 is 14.2 Å². The van der Waals surface area contributed by atoms with Crippen molar-refractivity contribution in [2.24, 2.45) is 0 Å². The van der Waals surface area contributed by atoms with Crippen LogP contribution in [0.2, 0.25) is 0 Å².